The van der Waals surface area contributed by atoms with Gasteiger partial charge in [-0.2, -0.15) is 0 Å². The van der Waals surface area contributed by atoms with Gasteiger partial charge in [0.05, 0.1) is 0 Å². The number of alkyl carbamates (subject to hydrolysis) is 3. The number of amides is 5. The molecule has 0 aliphatic carbocycles. The van der Waals surface area contributed by atoms with Gasteiger partial charge >= 0.3 is 30.5 Å². The number of likely N-dealkylation sites (tertiary alicyclic amines) is 1. The lowest BCUT2D eigenvalue weighted by Crippen LogP contribution is -2.36. The van der Waals surface area contributed by atoms with E-state index in [4.69, 9.17) is 29.5 Å². The number of rotatable bonds is 6. The van der Waals surface area contributed by atoms with Gasteiger partial charge in [0.1, 0.15) is 28.0 Å². The minimum absolute atomic E-state index is 0. The van der Waals surface area contributed by atoms with E-state index in [2.05, 4.69) is 27.6 Å². The Morgan fingerprint density at radius 1 is 0.597 bits per heavy atom. The van der Waals surface area contributed by atoms with Crippen LogP contribution in [0.25, 0.3) is 0 Å². The van der Waals surface area contributed by atoms with Gasteiger partial charge in [0.25, 0.3) is 0 Å². The van der Waals surface area contributed by atoms with Crippen molar-refractivity contribution in [1.82, 2.24) is 26.3 Å². The van der Waals surface area contributed by atoms with Crippen LogP contribution in [0, 0.1) is 5.92 Å². The molecule has 1 heterocycles. The zero-order valence-corrected chi connectivity index (χ0v) is 41.4. The average Bonchev–Trinajstić information content (AvgIpc) is 3.62. The van der Waals surface area contributed by atoms with Crippen LogP contribution in [-0.2, 0) is 30.1 Å². The molecule has 0 bridgehead atoms. The molecule has 1 aromatic rings. The van der Waals surface area contributed by atoms with Crippen LogP contribution < -0.4 is 38.9 Å². The molecule has 62 heavy (non-hydrogen) atoms. The van der Waals surface area contributed by atoms with Crippen molar-refractivity contribution >= 4 is 30.5 Å². The fourth-order valence-corrected chi connectivity index (χ4v) is 3.86. The Bertz CT molecular complexity index is 1330. The molecule has 1 saturated heterocycles. The minimum atomic E-state index is -0.609. The number of benzene rings is 1. The van der Waals surface area contributed by atoms with Gasteiger partial charge in [0, 0.05) is 32.7 Å². The molecule has 0 radical (unpaired) electrons. The van der Waals surface area contributed by atoms with Gasteiger partial charge in [0.15, 0.2) is 0 Å². The fraction of sp³-hybridized carbons (Fsp3) is 0.744. The van der Waals surface area contributed by atoms with E-state index in [-0.39, 0.29) is 41.1 Å². The number of hydrogen-bond donors (Lipinski definition) is 7. The van der Waals surface area contributed by atoms with Crippen molar-refractivity contribution in [3.63, 3.8) is 0 Å². The summed E-state index contributed by atoms with van der Waals surface area (Å²) in [5.74, 6) is 13.2. The van der Waals surface area contributed by atoms with E-state index >= 15 is 0 Å². The summed E-state index contributed by atoms with van der Waals surface area (Å²) in [5.41, 5.74) is 1.01. The summed E-state index contributed by atoms with van der Waals surface area (Å²) in [4.78, 5) is 56.6. The first-order valence-corrected chi connectivity index (χ1v) is 20.6. The molecule has 19 heteroatoms. The zero-order chi connectivity index (χ0) is 48.7. The number of ether oxygens (including phenoxy) is 5. The fourth-order valence-electron chi connectivity index (χ4n) is 3.86. The molecule has 5 amide bonds. The van der Waals surface area contributed by atoms with Gasteiger partial charge in [-0.15, -0.1) is 0 Å². The molecule has 1 aromatic carbocycles. The van der Waals surface area contributed by atoms with E-state index in [1.165, 1.54) is 5.56 Å². The normalized spacial score (nSPS) is 11.9. The Kier molecular flexibility index (Phi) is 36.4. The van der Waals surface area contributed by atoms with E-state index < -0.39 is 22.9 Å². The molecule has 1 aliphatic rings. The highest BCUT2D eigenvalue weighted by Gasteiger charge is 2.24. The van der Waals surface area contributed by atoms with Crippen molar-refractivity contribution in [3.8, 4) is 0 Å². The smallest absolute Gasteiger partial charge is 0.421 e. The third-order valence-corrected chi connectivity index (χ3v) is 5.97. The highest BCUT2D eigenvalue weighted by atomic mass is 16.6. The maximum absolute atomic E-state index is 11.4. The molecule has 0 saturated carbocycles. The van der Waals surface area contributed by atoms with Crippen molar-refractivity contribution in [2.45, 2.75) is 172 Å². The zero-order valence-electron chi connectivity index (χ0n) is 41.4. The van der Waals surface area contributed by atoms with E-state index in [1.54, 1.807) is 25.7 Å². The monoisotopic (exact) mass is 893 g/mol. The molecule has 1 fully saturated rings. The lowest BCUT2D eigenvalue weighted by atomic mass is 10.1. The Hall–Kier alpha value is -4.59. The number of carbonyl (C=O) groups is 5. The van der Waals surface area contributed by atoms with Gasteiger partial charge in [0.2, 0.25) is 0 Å². The van der Waals surface area contributed by atoms with Gasteiger partial charge in [-0.05, 0) is 142 Å². The number of carbonyl (C=O) groups excluding carboxylic acids is 5. The first kappa shape index (κ1) is 66.5. The minimum Gasteiger partial charge on any atom is -0.444 e. The third-order valence-electron chi connectivity index (χ3n) is 5.97. The van der Waals surface area contributed by atoms with Crippen molar-refractivity contribution in [1.29, 1.82) is 0 Å². The molecule has 0 atom stereocenters. The summed E-state index contributed by atoms with van der Waals surface area (Å²) in [6.07, 6.45) is 1.22. The maximum Gasteiger partial charge on any atom is 0.421 e. The van der Waals surface area contributed by atoms with Crippen molar-refractivity contribution in [2.24, 2.45) is 23.4 Å². The van der Waals surface area contributed by atoms with Crippen molar-refractivity contribution in [2.75, 3.05) is 32.7 Å². The first-order chi connectivity index (χ1) is 27.7. The Balaban J connectivity index is -0.000000218. The predicted molar refractivity (Wildman–Crippen MR) is 246 cm³/mol. The SMILES string of the molecule is CC(C)(C)OC(=O)N1CCCC1.CC(C)(C)OC(=O)NCCc1ccccc1.CC(C)(C)OC(=O)NN.CC(C)CNC(=O)OC(C)(C)C.CCNC(=O)OC(C)(C)C.NN.O. The first-order valence-electron chi connectivity index (χ1n) is 20.6. The van der Waals surface area contributed by atoms with Gasteiger partial charge < -0.3 is 50.0 Å². The molecular weight excluding hydrogens is 805 g/mol. The molecule has 0 spiro atoms. The van der Waals surface area contributed by atoms with E-state index in [9.17, 15) is 24.0 Å². The second kappa shape index (κ2) is 34.0. The highest BCUT2D eigenvalue weighted by Crippen LogP contribution is 2.14. The molecule has 366 valence electrons. The molecule has 19 nitrogen and oxygen atoms in total. The van der Waals surface area contributed by atoms with E-state index in [0.29, 0.717) is 25.6 Å². The van der Waals surface area contributed by atoms with Crippen molar-refractivity contribution < 1.29 is 53.1 Å². The van der Waals surface area contributed by atoms with E-state index in [0.717, 1.165) is 32.4 Å². The van der Waals surface area contributed by atoms with Crippen LogP contribution in [0.1, 0.15) is 143 Å². The molecule has 1 aliphatic heterocycles. The number of nitrogens with two attached hydrogens (primary N) is 3. The number of hydrogen-bond acceptors (Lipinski definition) is 13. The van der Waals surface area contributed by atoms with E-state index in [1.807, 2.05) is 140 Å². The summed E-state index contributed by atoms with van der Waals surface area (Å²) in [6, 6.07) is 10.0. The number of nitrogens with one attached hydrogen (secondary N) is 4. The highest BCUT2D eigenvalue weighted by molar-refractivity contribution is 5.69. The van der Waals surface area contributed by atoms with Crippen LogP contribution in [0.4, 0.5) is 24.0 Å². The summed E-state index contributed by atoms with van der Waals surface area (Å²) < 4.78 is 25.0. The third kappa shape index (κ3) is 53.4. The Labute approximate surface area is 373 Å². The number of hydrazine groups is 2. The second-order valence-electron chi connectivity index (χ2n) is 18.8. The summed E-state index contributed by atoms with van der Waals surface area (Å²) in [6.45, 7) is 37.1. The van der Waals surface area contributed by atoms with Crippen LogP contribution in [0.3, 0.4) is 0 Å². The Morgan fingerprint density at radius 2 is 0.952 bits per heavy atom. The quantitative estimate of drug-likeness (QED) is 0.0666. The molecule has 0 aromatic heterocycles. The van der Waals surface area contributed by atoms with Crippen LogP contribution >= 0.6 is 0 Å². The average molecular weight is 893 g/mol. The largest absolute Gasteiger partial charge is 0.444 e. The lowest BCUT2D eigenvalue weighted by Gasteiger charge is -2.23. The maximum atomic E-state index is 11.4. The molecule has 2 rings (SSSR count). The van der Waals surface area contributed by atoms with Gasteiger partial charge in [-0.1, -0.05) is 44.2 Å². The molecule has 12 N–H and O–H groups in total. The van der Waals surface area contributed by atoms with Crippen LogP contribution in [0.15, 0.2) is 30.3 Å². The Morgan fingerprint density at radius 3 is 1.27 bits per heavy atom. The second-order valence-corrected chi connectivity index (χ2v) is 18.8. The van der Waals surface area contributed by atoms with Gasteiger partial charge in [-0.3, -0.25) is 17.1 Å². The molecule has 0 unspecified atom stereocenters. The summed E-state index contributed by atoms with van der Waals surface area (Å²) in [5, 5.41) is 7.94. The predicted octanol–water partition coefficient (Wildman–Crippen LogP) is 6.85. The summed E-state index contributed by atoms with van der Waals surface area (Å²) in [7, 11) is 0. The number of nitrogens with zero attached hydrogens (tertiary/aromatic N) is 1. The lowest BCUT2D eigenvalue weighted by molar-refractivity contribution is 0.0293. The standard InChI is InChI=1S/C13H19NO2.C9H17NO2.C9H19NO2.C7H15NO2.C5H12N2O2.H4N2.H2O/c1-13(2,3)16-12(15)14-10-9-11-7-5-4-6-8-11;1-9(2,3)12-8(11)10-6-4-5-7-10;1-7(2)6-10-8(11)12-9(3,4)5;1-5-8-6(9)10-7(2,3)4;1-5(2,3)9-4(8)7-6;1-2;/h4-8H,9-10H2,1-3H3,(H,14,15);4-7H2,1-3H3;7H,6H2,1-5H3,(H,10,11);5H2,1-4H3,(H,8,9);6H2,1-3H3,(H,7,8);1-2H2;1H2. The van der Waals surface area contributed by atoms with Crippen molar-refractivity contribution in [3.05, 3.63) is 35.9 Å². The molecular formula is C43H88N8O11. The van der Waals surface area contributed by atoms with Crippen LogP contribution in [0.2, 0.25) is 0 Å². The topological polar surface area (TPSA) is 292 Å². The van der Waals surface area contributed by atoms with Crippen LogP contribution in [-0.4, -0.2) is 102 Å². The summed E-state index contributed by atoms with van der Waals surface area (Å²) >= 11 is 0. The van der Waals surface area contributed by atoms with Crippen LogP contribution in [0.5, 0.6) is 0 Å². The van der Waals surface area contributed by atoms with Gasteiger partial charge in [-0.25, -0.2) is 29.8 Å².